The van der Waals surface area contributed by atoms with E-state index in [9.17, 15) is 5.11 Å². The Bertz CT molecular complexity index is 222. The van der Waals surface area contributed by atoms with E-state index in [0.29, 0.717) is 18.1 Å². The molecule has 0 amide bonds. The number of hydrogen-bond acceptors (Lipinski definition) is 3. The molecule has 0 aromatic rings. The van der Waals surface area contributed by atoms with Crippen LogP contribution < -0.4 is 0 Å². The monoisotopic (exact) mass is 227 g/mol. The number of likely N-dealkylation sites (N-methyl/N-ethyl adjacent to an activating group) is 1. The number of aliphatic hydroxyl groups is 1. The fourth-order valence-corrected chi connectivity index (χ4v) is 3.19. The Morgan fingerprint density at radius 2 is 2.12 bits per heavy atom. The van der Waals surface area contributed by atoms with Crippen molar-refractivity contribution in [1.82, 2.24) is 4.90 Å². The summed E-state index contributed by atoms with van der Waals surface area (Å²) in [6.07, 6.45) is 6.07. The molecular weight excluding hydrogens is 202 g/mol. The quantitative estimate of drug-likeness (QED) is 0.792. The molecule has 2 rings (SSSR count). The van der Waals surface area contributed by atoms with Gasteiger partial charge in [-0.2, -0.15) is 0 Å². The molecule has 16 heavy (non-hydrogen) atoms. The van der Waals surface area contributed by atoms with Gasteiger partial charge in [-0.3, -0.25) is 0 Å². The number of rotatable bonds is 4. The van der Waals surface area contributed by atoms with Gasteiger partial charge in [0.1, 0.15) is 0 Å². The van der Waals surface area contributed by atoms with Gasteiger partial charge in [0.25, 0.3) is 0 Å². The number of hydrogen-bond donors (Lipinski definition) is 1. The van der Waals surface area contributed by atoms with Gasteiger partial charge in [-0.1, -0.05) is 6.42 Å². The molecule has 0 radical (unpaired) electrons. The summed E-state index contributed by atoms with van der Waals surface area (Å²) in [5, 5.41) is 9.78. The van der Waals surface area contributed by atoms with Crippen molar-refractivity contribution in [2.45, 2.75) is 57.3 Å². The fraction of sp³-hybridized carbons (Fsp3) is 1.00. The minimum Gasteiger partial charge on any atom is -0.393 e. The van der Waals surface area contributed by atoms with Gasteiger partial charge in [0.2, 0.25) is 0 Å². The molecule has 1 saturated heterocycles. The van der Waals surface area contributed by atoms with Crippen molar-refractivity contribution in [1.29, 1.82) is 0 Å². The lowest BCUT2D eigenvalue weighted by Gasteiger charge is -2.28. The third-order valence-electron chi connectivity index (χ3n) is 4.37. The average Bonchev–Trinajstić information content (AvgIpc) is 2.84. The van der Waals surface area contributed by atoms with Gasteiger partial charge in [0, 0.05) is 12.6 Å². The maximum absolute atomic E-state index is 9.78. The zero-order valence-corrected chi connectivity index (χ0v) is 10.6. The summed E-state index contributed by atoms with van der Waals surface area (Å²) in [6, 6.07) is 0.582. The second-order valence-electron chi connectivity index (χ2n) is 5.46. The Morgan fingerprint density at radius 1 is 1.31 bits per heavy atom. The molecule has 4 atom stereocenters. The molecule has 2 fully saturated rings. The first-order valence-electron chi connectivity index (χ1n) is 6.68. The Hall–Kier alpha value is -0.120. The lowest BCUT2D eigenvalue weighted by atomic mass is 10.0. The molecule has 4 unspecified atom stereocenters. The second-order valence-corrected chi connectivity index (χ2v) is 5.46. The third kappa shape index (κ3) is 2.76. The molecule has 3 nitrogen and oxygen atoms in total. The highest BCUT2D eigenvalue weighted by atomic mass is 16.5. The molecule has 0 aromatic carbocycles. The maximum atomic E-state index is 9.78. The molecular formula is C13H25NO2. The summed E-state index contributed by atoms with van der Waals surface area (Å²) in [5.74, 6) is 0.542. The highest BCUT2D eigenvalue weighted by molar-refractivity contribution is 4.82. The fourth-order valence-electron chi connectivity index (χ4n) is 3.19. The first-order valence-corrected chi connectivity index (χ1v) is 6.68. The van der Waals surface area contributed by atoms with E-state index in [4.69, 9.17) is 4.74 Å². The van der Waals surface area contributed by atoms with Crippen molar-refractivity contribution >= 4 is 0 Å². The van der Waals surface area contributed by atoms with E-state index in [1.165, 1.54) is 12.8 Å². The van der Waals surface area contributed by atoms with Gasteiger partial charge in [-0.05, 0) is 52.1 Å². The molecule has 1 aliphatic heterocycles. The minimum absolute atomic E-state index is 0.0364. The van der Waals surface area contributed by atoms with Crippen LogP contribution >= 0.6 is 0 Å². The highest BCUT2D eigenvalue weighted by Crippen LogP contribution is 2.29. The van der Waals surface area contributed by atoms with Crippen molar-refractivity contribution < 1.29 is 9.84 Å². The first kappa shape index (κ1) is 12.3. The zero-order chi connectivity index (χ0) is 11.5. The lowest BCUT2D eigenvalue weighted by Crippen LogP contribution is -2.38. The Morgan fingerprint density at radius 3 is 2.69 bits per heavy atom. The van der Waals surface area contributed by atoms with Crippen molar-refractivity contribution in [2.24, 2.45) is 5.92 Å². The van der Waals surface area contributed by atoms with Crippen LogP contribution in [0.25, 0.3) is 0 Å². The SMILES string of the molecule is CC1OCCC1N(C)CCC1CCCC1O. The van der Waals surface area contributed by atoms with Gasteiger partial charge in [0.05, 0.1) is 12.2 Å². The Labute approximate surface area is 98.8 Å². The summed E-state index contributed by atoms with van der Waals surface area (Å²) in [4.78, 5) is 2.42. The van der Waals surface area contributed by atoms with Crippen LogP contribution in [0.1, 0.15) is 39.0 Å². The largest absolute Gasteiger partial charge is 0.393 e. The highest BCUT2D eigenvalue weighted by Gasteiger charge is 2.29. The minimum atomic E-state index is -0.0364. The van der Waals surface area contributed by atoms with Crippen LogP contribution in [0.4, 0.5) is 0 Å². The van der Waals surface area contributed by atoms with E-state index in [0.717, 1.165) is 32.4 Å². The van der Waals surface area contributed by atoms with E-state index in [2.05, 4.69) is 18.9 Å². The number of ether oxygens (including phenoxy) is 1. The van der Waals surface area contributed by atoms with Crippen LogP contribution in [0.2, 0.25) is 0 Å². The summed E-state index contributed by atoms with van der Waals surface area (Å²) >= 11 is 0. The van der Waals surface area contributed by atoms with E-state index in [1.807, 2.05) is 0 Å². The summed E-state index contributed by atoms with van der Waals surface area (Å²) < 4.78 is 5.59. The maximum Gasteiger partial charge on any atom is 0.0702 e. The van der Waals surface area contributed by atoms with Gasteiger partial charge < -0.3 is 14.7 Å². The van der Waals surface area contributed by atoms with Gasteiger partial charge >= 0.3 is 0 Å². The van der Waals surface area contributed by atoms with E-state index in [1.54, 1.807) is 0 Å². The molecule has 1 saturated carbocycles. The van der Waals surface area contributed by atoms with Crippen molar-refractivity contribution in [3.8, 4) is 0 Å². The second kappa shape index (κ2) is 5.48. The van der Waals surface area contributed by atoms with Crippen LogP contribution in [0.3, 0.4) is 0 Å². The van der Waals surface area contributed by atoms with Gasteiger partial charge in [0.15, 0.2) is 0 Å². The Kier molecular flexibility index (Phi) is 4.22. The number of aliphatic hydroxyl groups excluding tert-OH is 1. The van der Waals surface area contributed by atoms with Crippen LogP contribution in [-0.2, 0) is 4.74 Å². The van der Waals surface area contributed by atoms with Crippen LogP contribution in [-0.4, -0.2) is 48.5 Å². The van der Waals surface area contributed by atoms with Crippen molar-refractivity contribution in [3.63, 3.8) is 0 Å². The van der Waals surface area contributed by atoms with Crippen LogP contribution in [0.5, 0.6) is 0 Å². The zero-order valence-electron chi connectivity index (χ0n) is 10.6. The standard InChI is InChI=1S/C13H25NO2/c1-10-12(7-9-16-10)14(2)8-6-11-4-3-5-13(11)15/h10-13,15H,3-9H2,1-2H3. The van der Waals surface area contributed by atoms with Crippen molar-refractivity contribution in [3.05, 3.63) is 0 Å². The summed E-state index contributed by atoms with van der Waals surface area (Å²) in [7, 11) is 2.19. The van der Waals surface area contributed by atoms with E-state index >= 15 is 0 Å². The lowest BCUT2D eigenvalue weighted by molar-refractivity contribution is 0.0753. The molecule has 0 spiro atoms. The third-order valence-corrected chi connectivity index (χ3v) is 4.37. The summed E-state index contributed by atoms with van der Waals surface area (Å²) in [6.45, 7) is 4.17. The predicted molar refractivity (Wildman–Crippen MR) is 64.4 cm³/mol. The topological polar surface area (TPSA) is 32.7 Å². The number of nitrogens with zero attached hydrogens (tertiary/aromatic N) is 1. The molecule has 1 aliphatic carbocycles. The van der Waals surface area contributed by atoms with Crippen LogP contribution in [0.15, 0.2) is 0 Å². The first-order chi connectivity index (χ1) is 7.68. The Balaban J connectivity index is 1.72. The normalized spacial score (nSPS) is 39.8. The smallest absolute Gasteiger partial charge is 0.0702 e. The molecule has 0 aromatic heterocycles. The predicted octanol–water partition coefficient (Wildman–Crippen LogP) is 1.65. The molecule has 94 valence electrons. The van der Waals surface area contributed by atoms with Crippen LogP contribution in [0, 0.1) is 5.92 Å². The molecule has 1 heterocycles. The average molecular weight is 227 g/mol. The van der Waals surface area contributed by atoms with Crippen molar-refractivity contribution in [2.75, 3.05) is 20.2 Å². The molecule has 1 N–H and O–H groups in total. The molecule has 2 aliphatic rings. The molecule has 3 heteroatoms. The van der Waals surface area contributed by atoms with Gasteiger partial charge in [-0.15, -0.1) is 0 Å². The van der Waals surface area contributed by atoms with E-state index in [-0.39, 0.29) is 6.10 Å². The molecule has 0 bridgehead atoms. The van der Waals surface area contributed by atoms with Gasteiger partial charge in [-0.25, -0.2) is 0 Å². The van der Waals surface area contributed by atoms with E-state index < -0.39 is 0 Å². The summed E-state index contributed by atoms with van der Waals surface area (Å²) in [5.41, 5.74) is 0.